The van der Waals surface area contributed by atoms with E-state index in [1.807, 2.05) is 30.3 Å². The Balaban J connectivity index is 1.92. The molecular formula is C14H14N2O. The van der Waals surface area contributed by atoms with Gasteiger partial charge in [0.1, 0.15) is 11.8 Å². The van der Waals surface area contributed by atoms with Gasteiger partial charge in [0.15, 0.2) is 0 Å². The summed E-state index contributed by atoms with van der Waals surface area (Å²) < 4.78 is 5.30. The van der Waals surface area contributed by atoms with Crippen molar-refractivity contribution in [1.82, 2.24) is 5.32 Å². The topological polar surface area (TPSA) is 49.0 Å². The summed E-state index contributed by atoms with van der Waals surface area (Å²) in [6, 6.07) is 15.9. The molecule has 3 heteroatoms. The summed E-state index contributed by atoms with van der Waals surface area (Å²) in [4.78, 5) is 0. The van der Waals surface area contributed by atoms with Gasteiger partial charge in [-0.25, -0.2) is 0 Å². The summed E-state index contributed by atoms with van der Waals surface area (Å²) in [7, 11) is 0. The highest BCUT2D eigenvalue weighted by molar-refractivity contribution is 5.20. The van der Waals surface area contributed by atoms with Gasteiger partial charge in [0, 0.05) is 6.04 Å². The van der Waals surface area contributed by atoms with Crippen LogP contribution in [0, 0.1) is 11.3 Å². The van der Waals surface area contributed by atoms with Crippen molar-refractivity contribution in [1.29, 1.82) is 5.26 Å². The second-order valence-electron chi connectivity index (χ2n) is 3.89. The first-order chi connectivity index (χ1) is 8.29. The molecule has 17 heavy (non-hydrogen) atoms. The van der Waals surface area contributed by atoms with Crippen molar-refractivity contribution in [2.45, 2.75) is 19.5 Å². The van der Waals surface area contributed by atoms with E-state index in [0.29, 0.717) is 12.3 Å². The van der Waals surface area contributed by atoms with E-state index in [2.05, 4.69) is 24.4 Å². The number of nitrogens with one attached hydrogen (secondary N) is 1. The lowest BCUT2D eigenvalue weighted by molar-refractivity contribution is 0.453. The average molecular weight is 226 g/mol. The van der Waals surface area contributed by atoms with Crippen LogP contribution < -0.4 is 5.32 Å². The van der Waals surface area contributed by atoms with Crippen LogP contribution in [-0.4, -0.2) is 0 Å². The maximum Gasteiger partial charge on any atom is 0.203 e. The molecule has 1 aromatic heterocycles. The standard InChI is InChI=1S/C14H14N2O/c1-11(12-5-3-2-4-6-12)16-10-14-8-7-13(9-15)17-14/h2-8,11,16H,10H2,1H3. The minimum atomic E-state index is 0.256. The van der Waals surface area contributed by atoms with E-state index < -0.39 is 0 Å². The van der Waals surface area contributed by atoms with E-state index in [4.69, 9.17) is 9.68 Å². The maximum atomic E-state index is 8.64. The van der Waals surface area contributed by atoms with Gasteiger partial charge in [-0.15, -0.1) is 0 Å². The Morgan fingerprint density at radius 1 is 1.24 bits per heavy atom. The second-order valence-corrected chi connectivity index (χ2v) is 3.89. The largest absolute Gasteiger partial charge is 0.449 e. The molecule has 0 amide bonds. The van der Waals surface area contributed by atoms with E-state index in [9.17, 15) is 0 Å². The summed E-state index contributed by atoms with van der Waals surface area (Å²) in [5.41, 5.74) is 1.24. The van der Waals surface area contributed by atoms with Gasteiger partial charge in [0.25, 0.3) is 0 Å². The van der Waals surface area contributed by atoms with Crippen molar-refractivity contribution in [2.75, 3.05) is 0 Å². The summed E-state index contributed by atoms with van der Waals surface area (Å²) in [6.45, 7) is 2.72. The van der Waals surface area contributed by atoms with Gasteiger partial charge in [-0.2, -0.15) is 5.26 Å². The normalized spacial score (nSPS) is 12.0. The molecule has 0 aliphatic rings. The summed E-state index contributed by atoms with van der Waals surface area (Å²) in [6.07, 6.45) is 0. The fraction of sp³-hybridized carbons (Fsp3) is 0.214. The fourth-order valence-electron chi connectivity index (χ4n) is 1.65. The van der Waals surface area contributed by atoms with Gasteiger partial charge in [-0.3, -0.25) is 0 Å². The Bertz CT molecular complexity index is 511. The van der Waals surface area contributed by atoms with Crippen molar-refractivity contribution in [3.05, 3.63) is 59.5 Å². The molecular weight excluding hydrogens is 212 g/mol. The number of nitriles is 1. The van der Waals surface area contributed by atoms with E-state index >= 15 is 0 Å². The van der Waals surface area contributed by atoms with E-state index in [1.165, 1.54) is 5.56 Å². The number of nitrogens with zero attached hydrogens (tertiary/aromatic N) is 1. The monoisotopic (exact) mass is 226 g/mol. The highest BCUT2D eigenvalue weighted by Gasteiger charge is 2.06. The fourth-order valence-corrected chi connectivity index (χ4v) is 1.65. The Hall–Kier alpha value is -2.05. The third-order valence-electron chi connectivity index (χ3n) is 2.65. The van der Waals surface area contributed by atoms with Gasteiger partial charge < -0.3 is 9.73 Å². The van der Waals surface area contributed by atoms with Crippen LogP contribution >= 0.6 is 0 Å². The van der Waals surface area contributed by atoms with E-state index in [0.717, 1.165) is 5.76 Å². The Kier molecular flexibility index (Phi) is 3.59. The molecule has 0 saturated heterocycles. The SMILES string of the molecule is CC(NCc1ccc(C#N)o1)c1ccccc1. The lowest BCUT2D eigenvalue weighted by Crippen LogP contribution is -2.17. The van der Waals surface area contributed by atoms with Crippen LogP contribution in [0.1, 0.15) is 30.0 Å². The summed E-state index contributed by atoms with van der Waals surface area (Å²) in [5, 5.41) is 12.0. The first-order valence-corrected chi connectivity index (χ1v) is 5.57. The van der Waals surface area contributed by atoms with E-state index in [-0.39, 0.29) is 6.04 Å². The van der Waals surface area contributed by atoms with Gasteiger partial charge in [0.2, 0.25) is 5.76 Å². The number of benzene rings is 1. The Morgan fingerprint density at radius 2 is 2.00 bits per heavy atom. The third kappa shape index (κ3) is 2.96. The number of furan rings is 1. The average Bonchev–Trinajstić information content (AvgIpc) is 2.85. The van der Waals surface area contributed by atoms with Gasteiger partial charge in [-0.05, 0) is 24.6 Å². The molecule has 2 aromatic rings. The van der Waals surface area contributed by atoms with Gasteiger partial charge >= 0.3 is 0 Å². The predicted octanol–water partition coefficient (Wildman–Crippen LogP) is 3.00. The Morgan fingerprint density at radius 3 is 2.65 bits per heavy atom. The second kappa shape index (κ2) is 5.33. The molecule has 3 nitrogen and oxygen atoms in total. The molecule has 0 saturated carbocycles. The van der Waals surface area contributed by atoms with Crippen LogP contribution in [0.4, 0.5) is 0 Å². The molecule has 1 N–H and O–H groups in total. The van der Waals surface area contributed by atoms with Crippen molar-refractivity contribution in [2.24, 2.45) is 0 Å². The van der Waals surface area contributed by atoms with Crippen LogP contribution in [-0.2, 0) is 6.54 Å². The summed E-state index contributed by atoms with van der Waals surface area (Å²) in [5.74, 6) is 1.14. The zero-order valence-electron chi connectivity index (χ0n) is 9.68. The number of hydrogen-bond donors (Lipinski definition) is 1. The zero-order chi connectivity index (χ0) is 12.1. The summed E-state index contributed by atoms with van der Waals surface area (Å²) >= 11 is 0. The van der Waals surface area contributed by atoms with Gasteiger partial charge in [-0.1, -0.05) is 30.3 Å². The van der Waals surface area contributed by atoms with Crippen molar-refractivity contribution < 1.29 is 4.42 Å². The van der Waals surface area contributed by atoms with Crippen LogP contribution in [0.5, 0.6) is 0 Å². The molecule has 1 unspecified atom stereocenters. The zero-order valence-corrected chi connectivity index (χ0v) is 9.68. The minimum absolute atomic E-state index is 0.256. The quantitative estimate of drug-likeness (QED) is 0.871. The predicted molar refractivity (Wildman–Crippen MR) is 65.1 cm³/mol. The molecule has 86 valence electrons. The maximum absolute atomic E-state index is 8.64. The van der Waals surface area contributed by atoms with Crippen LogP contribution in [0.25, 0.3) is 0 Å². The Labute approximate surface area is 101 Å². The van der Waals surface area contributed by atoms with Crippen LogP contribution in [0.3, 0.4) is 0 Å². The van der Waals surface area contributed by atoms with Crippen molar-refractivity contribution >= 4 is 0 Å². The highest BCUT2D eigenvalue weighted by atomic mass is 16.3. The molecule has 2 rings (SSSR count). The molecule has 0 bridgehead atoms. The molecule has 1 aromatic carbocycles. The third-order valence-corrected chi connectivity index (χ3v) is 2.65. The van der Waals surface area contributed by atoms with E-state index in [1.54, 1.807) is 6.07 Å². The van der Waals surface area contributed by atoms with Crippen molar-refractivity contribution in [3.63, 3.8) is 0 Å². The molecule has 1 heterocycles. The van der Waals surface area contributed by atoms with Crippen molar-refractivity contribution in [3.8, 4) is 6.07 Å². The molecule has 1 atom stereocenters. The molecule has 0 aliphatic carbocycles. The lowest BCUT2D eigenvalue weighted by Gasteiger charge is -2.12. The lowest BCUT2D eigenvalue weighted by atomic mass is 10.1. The smallest absolute Gasteiger partial charge is 0.203 e. The number of hydrogen-bond acceptors (Lipinski definition) is 3. The van der Waals surface area contributed by atoms with Crippen LogP contribution in [0.15, 0.2) is 46.9 Å². The number of rotatable bonds is 4. The molecule has 0 spiro atoms. The first kappa shape index (κ1) is 11.4. The van der Waals surface area contributed by atoms with Gasteiger partial charge in [0.05, 0.1) is 6.54 Å². The molecule has 0 aliphatic heterocycles. The minimum Gasteiger partial charge on any atom is -0.449 e. The first-order valence-electron chi connectivity index (χ1n) is 5.57. The highest BCUT2D eigenvalue weighted by Crippen LogP contribution is 2.13. The molecule has 0 radical (unpaired) electrons. The molecule has 0 fully saturated rings. The van der Waals surface area contributed by atoms with Crippen LogP contribution in [0.2, 0.25) is 0 Å².